The quantitative estimate of drug-likeness (QED) is 0.320. The van der Waals surface area contributed by atoms with Gasteiger partial charge in [0.15, 0.2) is 0 Å². The first-order chi connectivity index (χ1) is 19.3. The van der Waals surface area contributed by atoms with Crippen LogP contribution in [0, 0.1) is 12.8 Å². The Morgan fingerprint density at radius 2 is 1.52 bits per heavy atom. The van der Waals surface area contributed by atoms with Gasteiger partial charge in [0.25, 0.3) is 0 Å². The summed E-state index contributed by atoms with van der Waals surface area (Å²) < 4.78 is 0. The molecule has 3 heteroatoms. The zero-order valence-electron chi connectivity index (χ0n) is 25.2. The fraction of sp³-hybridized carbons (Fsp3) is 0.541. The van der Waals surface area contributed by atoms with Crippen LogP contribution in [0.4, 0.5) is 5.69 Å². The first kappa shape index (κ1) is 28.0. The van der Waals surface area contributed by atoms with Crippen molar-refractivity contribution in [3.63, 3.8) is 0 Å². The number of aliphatic imine (C=N–C) groups is 1. The summed E-state index contributed by atoms with van der Waals surface area (Å²) in [6.07, 6.45) is 15.7. The van der Waals surface area contributed by atoms with Crippen LogP contribution in [0.1, 0.15) is 108 Å². The minimum atomic E-state index is -0.363. The Labute approximate surface area is 243 Å². The van der Waals surface area contributed by atoms with Crippen LogP contribution in [0.25, 0.3) is 10.8 Å². The zero-order valence-corrected chi connectivity index (χ0v) is 26.1. The molecule has 1 saturated heterocycles. The number of phenols is 1. The molecule has 2 atom stereocenters. The van der Waals surface area contributed by atoms with Crippen LogP contribution in [0.2, 0.25) is 0 Å². The van der Waals surface area contributed by atoms with Crippen molar-refractivity contribution in [3.05, 3.63) is 71.3 Å². The zero-order chi connectivity index (χ0) is 27.9. The fourth-order valence-corrected chi connectivity index (χ4v) is 11.9. The van der Waals surface area contributed by atoms with Crippen molar-refractivity contribution >= 4 is 29.8 Å². The van der Waals surface area contributed by atoms with E-state index >= 15 is 0 Å². The van der Waals surface area contributed by atoms with E-state index in [2.05, 4.69) is 82.3 Å². The smallest absolute Gasteiger partial charge is 0.123 e. The number of hydrogen-bond donors (Lipinski definition) is 1. The first-order valence-corrected chi connectivity index (χ1v) is 17.6. The second-order valence-corrected chi connectivity index (χ2v) is 16.5. The Hall–Kier alpha value is -2.18. The normalized spacial score (nSPS) is 26.1. The minimum Gasteiger partial charge on any atom is -0.507 e. The maximum atomic E-state index is 12.2. The third kappa shape index (κ3) is 5.04. The summed E-state index contributed by atoms with van der Waals surface area (Å²) in [7, 11) is -0.363. The highest BCUT2D eigenvalue weighted by molar-refractivity contribution is 7.76. The van der Waals surface area contributed by atoms with Gasteiger partial charge in [-0.3, -0.25) is 4.99 Å². The van der Waals surface area contributed by atoms with E-state index in [9.17, 15) is 5.11 Å². The SMILES string of the molecule is Cc1cc(C(C)(C)C)c(O)c(C2(C3CCCCC3)CCP(C3CCCCC3)C2=Nc2cccc3ccccc23)c1. The topological polar surface area (TPSA) is 32.6 Å². The summed E-state index contributed by atoms with van der Waals surface area (Å²) in [4.78, 5) is 5.85. The van der Waals surface area contributed by atoms with Gasteiger partial charge >= 0.3 is 0 Å². The summed E-state index contributed by atoms with van der Waals surface area (Å²) in [6.45, 7) is 8.96. The van der Waals surface area contributed by atoms with Gasteiger partial charge in [0.05, 0.1) is 11.1 Å². The fourth-order valence-electron chi connectivity index (χ4n) is 8.25. The van der Waals surface area contributed by atoms with Crippen LogP contribution < -0.4 is 0 Å². The van der Waals surface area contributed by atoms with Crippen molar-refractivity contribution < 1.29 is 5.11 Å². The molecule has 2 unspecified atom stereocenters. The summed E-state index contributed by atoms with van der Waals surface area (Å²) in [5.74, 6) is 1.10. The van der Waals surface area contributed by atoms with Crippen molar-refractivity contribution in [2.75, 3.05) is 6.16 Å². The van der Waals surface area contributed by atoms with E-state index in [4.69, 9.17) is 4.99 Å². The monoisotopic (exact) mass is 553 g/mol. The molecule has 2 saturated carbocycles. The van der Waals surface area contributed by atoms with Gasteiger partial charge in [-0.2, -0.15) is 0 Å². The predicted molar refractivity (Wildman–Crippen MR) is 174 cm³/mol. The Morgan fingerprint density at radius 1 is 0.850 bits per heavy atom. The lowest BCUT2D eigenvalue weighted by molar-refractivity contribution is 0.256. The largest absolute Gasteiger partial charge is 0.507 e. The van der Waals surface area contributed by atoms with E-state index in [-0.39, 0.29) is 18.8 Å². The molecule has 3 aromatic rings. The number of hydrogen-bond acceptors (Lipinski definition) is 2. The second-order valence-electron chi connectivity index (χ2n) is 13.9. The van der Waals surface area contributed by atoms with Gasteiger partial charge in [-0.25, -0.2) is 0 Å². The van der Waals surface area contributed by atoms with E-state index in [0.717, 1.165) is 23.3 Å². The molecule has 0 spiro atoms. The molecule has 212 valence electrons. The number of aromatic hydroxyl groups is 1. The molecule has 2 aliphatic carbocycles. The van der Waals surface area contributed by atoms with E-state index < -0.39 is 0 Å². The van der Waals surface area contributed by atoms with Crippen molar-refractivity contribution in [2.45, 2.75) is 115 Å². The van der Waals surface area contributed by atoms with Crippen molar-refractivity contribution in [1.29, 1.82) is 0 Å². The van der Waals surface area contributed by atoms with Crippen molar-refractivity contribution in [3.8, 4) is 5.75 Å². The summed E-state index contributed by atoms with van der Waals surface area (Å²) in [5, 5.41) is 14.7. The molecule has 0 bridgehead atoms. The number of fused-ring (bicyclic) bond motifs is 1. The van der Waals surface area contributed by atoms with Crippen molar-refractivity contribution in [1.82, 2.24) is 0 Å². The highest BCUT2D eigenvalue weighted by Gasteiger charge is 2.54. The summed E-state index contributed by atoms with van der Waals surface area (Å²) >= 11 is 0. The molecule has 1 N–H and O–H groups in total. The average molecular weight is 554 g/mol. The molecule has 0 amide bonds. The maximum Gasteiger partial charge on any atom is 0.123 e. The predicted octanol–water partition coefficient (Wildman–Crippen LogP) is 10.9. The van der Waals surface area contributed by atoms with Gasteiger partial charge in [-0.05, 0) is 79.2 Å². The highest BCUT2D eigenvalue weighted by Crippen LogP contribution is 2.66. The van der Waals surface area contributed by atoms with E-state index in [0.29, 0.717) is 11.7 Å². The molecule has 0 radical (unpaired) electrons. The number of aryl methyl sites for hydroxylation is 1. The Morgan fingerprint density at radius 3 is 2.25 bits per heavy atom. The molecule has 1 heterocycles. The standard InChI is InChI=1S/C37H48NOP/c1-26-24-31(36(2,3)4)34(39)32(25-26)37(28-16-7-5-8-17-28)22-23-40(29-18-9-6-10-19-29)35(37)38-33-21-13-15-27-14-11-12-20-30(27)33/h11-15,20-21,24-25,28-29,39H,5-10,16-19,22-23H2,1-4H3. The molecule has 3 aliphatic rings. The van der Waals surface area contributed by atoms with Gasteiger partial charge in [0.1, 0.15) is 5.75 Å². The molecule has 3 fully saturated rings. The number of benzene rings is 3. The molecule has 40 heavy (non-hydrogen) atoms. The van der Waals surface area contributed by atoms with E-state index in [1.165, 1.54) is 97.7 Å². The molecule has 3 aromatic carbocycles. The van der Waals surface area contributed by atoms with Crippen LogP contribution in [-0.4, -0.2) is 22.4 Å². The average Bonchev–Trinajstić information content (AvgIpc) is 3.34. The number of phenolic OH excluding ortho intramolecular Hbond substituents is 1. The van der Waals surface area contributed by atoms with Crippen LogP contribution in [-0.2, 0) is 10.8 Å². The van der Waals surface area contributed by atoms with E-state index in [1.807, 2.05) is 0 Å². The minimum absolute atomic E-state index is 0.113. The Kier molecular flexibility index (Phi) is 7.86. The van der Waals surface area contributed by atoms with Gasteiger partial charge < -0.3 is 5.11 Å². The molecule has 1 aliphatic heterocycles. The summed E-state index contributed by atoms with van der Waals surface area (Å²) in [6, 6.07) is 20.0. The highest BCUT2D eigenvalue weighted by atomic mass is 31.1. The maximum absolute atomic E-state index is 12.2. The number of rotatable bonds is 4. The summed E-state index contributed by atoms with van der Waals surface area (Å²) in [5.41, 5.74) is 6.65. The van der Waals surface area contributed by atoms with Crippen LogP contribution in [0.5, 0.6) is 5.75 Å². The molecular weight excluding hydrogens is 505 g/mol. The van der Waals surface area contributed by atoms with Gasteiger partial charge in [0, 0.05) is 16.4 Å². The van der Waals surface area contributed by atoms with Gasteiger partial charge in [-0.1, -0.05) is 121 Å². The van der Waals surface area contributed by atoms with E-state index in [1.54, 1.807) is 0 Å². The lowest BCUT2D eigenvalue weighted by Gasteiger charge is -2.43. The number of nitrogens with zero attached hydrogens (tertiary/aromatic N) is 1. The van der Waals surface area contributed by atoms with Crippen LogP contribution in [0.3, 0.4) is 0 Å². The molecule has 6 rings (SSSR count). The first-order valence-electron chi connectivity index (χ1n) is 16.0. The third-order valence-corrected chi connectivity index (χ3v) is 13.4. The lowest BCUT2D eigenvalue weighted by Crippen LogP contribution is -2.41. The van der Waals surface area contributed by atoms with Crippen molar-refractivity contribution in [2.24, 2.45) is 10.9 Å². The Bertz CT molecular complexity index is 1380. The van der Waals surface area contributed by atoms with Gasteiger partial charge in [0.2, 0.25) is 0 Å². The molecule has 0 aromatic heterocycles. The molecular formula is C37H48NOP. The van der Waals surface area contributed by atoms with Gasteiger partial charge in [-0.15, -0.1) is 0 Å². The molecule has 2 nitrogen and oxygen atoms in total. The van der Waals surface area contributed by atoms with Crippen LogP contribution >= 0.6 is 7.92 Å². The third-order valence-electron chi connectivity index (χ3n) is 10.3. The van der Waals surface area contributed by atoms with Crippen LogP contribution in [0.15, 0.2) is 59.6 Å². The Balaban J connectivity index is 1.63. The second kappa shape index (κ2) is 11.2. The lowest BCUT2D eigenvalue weighted by atomic mass is 9.63.